The number of para-hydroxylation sites is 1. The van der Waals surface area contributed by atoms with Gasteiger partial charge in [0, 0.05) is 13.1 Å². The van der Waals surface area contributed by atoms with Crippen molar-refractivity contribution in [2.24, 2.45) is 4.99 Å². The minimum atomic E-state index is -0.0766. The number of hydrogen-bond acceptors (Lipinski definition) is 3. The lowest BCUT2D eigenvalue weighted by molar-refractivity contribution is -0.113. The molecule has 0 aliphatic carbocycles. The van der Waals surface area contributed by atoms with Gasteiger partial charge in [0.25, 0.3) is 5.91 Å². The molecular weight excluding hydrogens is 322 g/mol. The summed E-state index contributed by atoms with van der Waals surface area (Å²) in [5, 5.41) is 0. The molecule has 4 nitrogen and oxygen atoms in total. The molecule has 0 bridgehead atoms. The highest BCUT2D eigenvalue weighted by Crippen LogP contribution is 2.26. The van der Waals surface area contributed by atoms with E-state index in [0.29, 0.717) is 5.70 Å². The fraction of sp³-hybridized carbons (Fsp3) is 0.273. The van der Waals surface area contributed by atoms with Gasteiger partial charge >= 0.3 is 0 Å². The summed E-state index contributed by atoms with van der Waals surface area (Å²) in [5.41, 5.74) is 2.31. The van der Waals surface area contributed by atoms with Crippen molar-refractivity contribution in [1.29, 1.82) is 0 Å². The molecule has 3 rings (SSSR count). The van der Waals surface area contributed by atoms with Crippen LogP contribution in [0.5, 0.6) is 0 Å². The molecule has 4 heteroatoms. The van der Waals surface area contributed by atoms with Gasteiger partial charge in [0.15, 0.2) is 0 Å². The van der Waals surface area contributed by atoms with E-state index in [-0.39, 0.29) is 5.91 Å². The van der Waals surface area contributed by atoms with Gasteiger partial charge in [-0.25, -0.2) is 9.89 Å². The number of carbonyl (C=O) groups excluding carboxylic acids is 1. The molecule has 0 saturated carbocycles. The van der Waals surface area contributed by atoms with Crippen molar-refractivity contribution in [2.75, 3.05) is 18.0 Å². The van der Waals surface area contributed by atoms with E-state index in [1.807, 2.05) is 66.7 Å². The highest BCUT2D eigenvalue weighted by molar-refractivity contribution is 6.28. The van der Waals surface area contributed by atoms with Crippen molar-refractivity contribution in [2.45, 2.75) is 26.7 Å². The lowest BCUT2D eigenvalue weighted by atomic mass is 10.2. The fourth-order valence-electron chi connectivity index (χ4n) is 3.09. The summed E-state index contributed by atoms with van der Waals surface area (Å²) in [6.45, 7) is 6.05. The molecule has 2 aromatic rings. The lowest BCUT2D eigenvalue weighted by Crippen LogP contribution is -2.44. The monoisotopic (exact) mass is 347 g/mol. The minimum Gasteiger partial charge on any atom is -0.342 e. The van der Waals surface area contributed by atoms with E-state index in [2.05, 4.69) is 18.7 Å². The first-order valence-electron chi connectivity index (χ1n) is 9.24. The first kappa shape index (κ1) is 17.9. The average Bonchev–Trinajstić information content (AvgIpc) is 2.99. The Morgan fingerprint density at radius 2 is 1.50 bits per heavy atom. The Balaban J connectivity index is 2.03. The smallest absolute Gasteiger partial charge is 0.283 e. The number of carbonyl (C=O) groups is 1. The zero-order chi connectivity index (χ0) is 18.4. The quantitative estimate of drug-likeness (QED) is 0.719. The van der Waals surface area contributed by atoms with Gasteiger partial charge in [0.2, 0.25) is 5.96 Å². The molecule has 26 heavy (non-hydrogen) atoms. The molecule has 1 aliphatic heterocycles. The second-order valence-corrected chi connectivity index (χ2v) is 6.32. The summed E-state index contributed by atoms with van der Waals surface area (Å²) in [7, 11) is 0. The van der Waals surface area contributed by atoms with Crippen molar-refractivity contribution in [3.63, 3.8) is 0 Å². The maximum absolute atomic E-state index is 13.2. The van der Waals surface area contributed by atoms with Gasteiger partial charge in [0.1, 0.15) is 5.70 Å². The number of aliphatic imine (C=N–C) groups is 1. The second kappa shape index (κ2) is 8.48. The van der Waals surface area contributed by atoms with Crippen LogP contribution in [-0.4, -0.2) is 29.9 Å². The summed E-state index contributed by atoms with van der Waals surface area (Å²) in [5.74, 6) is 0.652. The molecule has 0 radical (unpaired) electrons. The maximum atomic E-state index is 13.2. The number of nitrogens with zero attached hydrogens (tertiary/aromatic N) is 3. The first-order valence-corrected chi connectivity index (χ1v) is 9.24. The second-order valence-electron chi connectivity index (χ2n) is 6.32. The van der Waals surface area contributed by atoms with Crippen LogP contribution in [0.1, 0.15) is 32.3 Å². The lowest BCUT2D eigenvalue weighted by Gasteiger charge is -2.29. The van der Waals surface area contributed by atoms with Crippen molar-refractivity contribution < 1.29 is 4.79 Å². The normalized spacial score (nSPS) is 15.5. The summed E-state index contributed by atoms with van der Waals surface area (Å²) < 4.78 is 0. The van der Waals surface area contributed by atoms with Crippen LogP contribution in [-0.2, 0) is 4.79 Å². The number of hydrogen-bond donors (Lipinski definition) is 0. The van der Waals surface area contributed by atoms with E-state index in [9.17, 15) is 4.79 Å². The number of benzene rings is 2. The Kier molecular flexibility index (Phi) is 5.84. The number of rotatable bonds is 6. The maximum Gasteiger partial charge on any atom is 0.283 e. The highest BCUT2D eigenvalue weighted by Gasteiger charge is 2.34. The Hall–Kier alpha value is -2.88. The summed E-state index contributed by atoms with van der Waals surface area (Å²) in [6, 6.07) is 19.6. The van der Waals surface area contributed by atoms with Crippen molar-refractivity contribution >= 4 is 23.6 Å². The van der Waals surface area contributed by atoms with Crippen molar-refractivity contribution in [3.8, 4) is 0 Å². The molecular formula is C22H25N3O. The average molecular weight is 347 g/mol. The van der Waals surface area contributed by atoms with Crippen LogP contribution in [0.3, 0.4) is 0 Å². The Morgan fingerprint density at radius 1 is 0.923 bits per heavy atom. The summed E-state index contributed by atoms with van der Waals surface area (Å²) in [6.07, 6.45) is 3.88. The van der Waals surface area contributed by atoms with Gasteiger partial charge in [0.05, 0.1) is 5.69 Å². The minimum absolute atomic E-state index is 0.0766. The molecule has 0 spiro atoms. The molecule has 134 valence electrons. The third-order valence-electron chi connectivity index (χ3n) is 4.23. The zero-order valence-electron chi connectivity index (χ0n) is 15.4. The van der Waals surface area contributed by atoms with Crippen molar-refractivity contribution in [1.82, 2.24) is 4.90 Å². The van der Waals surface area contributed by atoms with Crippen LogP contribution >= 0.6 is 0 Å². The highest BCUT2D eigenvalue weighted by atomic mass is 16.2. The van der Waals surface area contributed by atoms with Crippen LogP contribution in [0.4, 0.5) is 5.69 Å². The predicted molar refractivity (Wildman–Crippen MR) is 108 cm³/mol. The molecule has 1 heterocycles. The molecule has 0 N–H and O–H groups in total. The predicted octanol–water partition coefficient (Wildman–Crippen LogP) is 4.55. The zero-order valence-corrected chi connectivity index (χ0v) is 15.4. The van der Waals surface area contributed by atoms with Gasteiger partial charge in [-0.15, -0.1) is 0 Å². The van der Waals surface area contributed by atoms with Gasteiger partial charge in [-0.1, -0.05) is 62.4 Å². The van der Waals surface area contributed by atoms with Crippen LogP contribution in [0.2, 0.25) is 0 Å². The van der Waals surface area contributed by atoms with Crippen LogP contribution in [0.25, 0.3) is 6.08 Å². The third kappa shape index (κ3) is 3.85. The van der Waals surface area contributed by atoms with E-state index in [4.69, 9.17) is 4.99 Å². The summed E-state index contributed by atoms with van der Waals surface area (Å²) >= 11 is 0. The van der Waals surface area contributed by atoms with E-state index < -0.39 is 0 Å². The molecule has 1 amide bonds. The molecule has 0 atom stereocenters. The number of amides is 1. The number of guanidine groups is 1. The molecule has 1 aliphatic rings. The third-order valence-corrected chi connectivity index (χ3v) is 4.23. The van der Waals surface area contributed by atoms with Crippen LogP contribution in [0, 0.1) is 0 Å². The SMILES string of the molecule is CCCN(CCC)C1=NC(=Cc2ccccc2)C(=O)N1c1ccccc1. The molecule has 0 saturated heterocycles. The Bertz CT molecular complexity index is 791. The van der Waals surface area contributed by atoms with Crippen LogP contribution < -0.4 is 4.90 Å². The van der Waals surface area contributed by atoms with Gasteiger partial charge in [-0.3, -0.25) is 4.79 Å². The first-order chi connectivity index (χ1) is 12.7. The molecule has 0 unspecified atom stereocenters. The Labute approximate surface area is 155 Å². The molecule has 0 fully saturated rings. The summed E-state index contributed by atoms with van der Waals surface area (Å²) in [4.78, 5) is 21.8. The Morgan fingerprint density at radius 3 is 2.08 bits per heavy atom. The van der Waals surface area contributed by atoms with E-state index in [0.717, 1.165) is 43.1 Å². The van der Waals surface area contributed by atoms with E-state index in [1.165, 1.54) is 0 Å². The standard InChI is InChI=1S/C22H25N3O/c1-3-15-24(16-4-2)22-23-20(17-18-11-7-5-8-12-18)21(26)25(22)19-13-9-6-10-14-19/h5-14,17H,3-4,15-16H2,1-2H3. The molecule has 0 aromatic heterocycles. The fourth-order valence-corrected chi connectivity index (χ4v) is 3.09. The molecule has 2 aromatic carbocycles. The van der Waals surface area contributed by atoms with Gasteiger partial charge in [-0.05, 0) is 36.6 Å². The van der Waals surface area contributed by atoms with Gasteiger partial charge < -0.3 is 4.90 Å². The van der Waals surface area contributed by atoms with E-state index >= 15 is 0 Å². The largest absolute Gasteiger partial charge is 0.342 e. The van der Waals surface area contributed by atoms with Gasteiger partial charge in [-0.2, -0.15) is 0 Å². The number of anilines is 1. The topological polar surface area (TPSA) is 35.9 Å². The van der Waals surface area contributed by atoms with Crippen LogP contribution in [0.15, 0.2) is 71.4 Å². The van der Waals surface area contributed by atoms with E-state index in [1.54, 1.807) is 4.90 Å². The van der Waals surface area contributed by atoms with Crippen molar-refractivity contribution in [3.05, 3.63) is 71.9 Å².